The topological polar surface area (TPSA) is 24.9 Å². The van der Waals surface area contributed by atoms with Crippen molar-refractivity contribution in [2.24, 2.45) is 5.92 Å². The highest BCUT2D eigenvalue weighted by molar-refractivity contribution is 5.78. The third kappa shape index (κ3) is 3.62. The Morgan fingerprint density at radius 2 is 2.05 bits per heavy atom. The molecule has 21 heavy (non-hydrogen) atoms. The van der Waals surface area contributed by atoms with Crippen molar-refractivity contribution in [2.75, 3.05) is 6.54 Å². The van der Waals surface area contributed by atoms with Crippen molar-refractivity contribution < 1.29 is 0 Å². The van der Waals surface area contributed by atoms with Gasteiger partial charge in [0.2, 0.25) is 0 Å². The van der Waals surface area contributed by atoms with Crippen LogP contribution in [0.5, 0.6) is 0 Å². The molecule has 0 bridgehead atoms. The Morgan fingerprint density at radius 1 is 1.19 bits per heavy atom. The third-order valence-corrected chi connectivity index (χ3v) is 4.78. The van der Waals surface area contributed by atoms with Crippen molar-refractivity contribution in [1.82, 2.24) is 10.3 Å². The number of aromatic nitrogens is 1. The quantitative estimate of drug-likeness (QED) is 0.847. The zero-order valence-corrected chi connectivity index (χ0v) is 13.0. The Kier molecular flexibility index (Phi) is 4.87. The molecule has 1 aromatic carbocycles. The number of hydrogen-bond acceptors (Lipinski definition) is 2. The molecule has 1 N–H and O–H groups in total. The minimum absolute atomic E-state index is 0.476. The van der Waals surface area contributed by atoms with Crippen LogP contribution in [-0.4, -0.2) is 11.5 Å². The zero-order chi connectivity index (χ0) is 14.5. The van der Waals surface area contributed by atoms with E-state index in [1.54, 1.807) is 0 Å². The normalized spacial score (nSPS) is 18.0. The maximum absolute atomic E-state index is 4.50. The molecule has 0 saturated heterocycles. The molecule has 0 radical (unpaired) electrons. The van der Waals surface area contributed by atoms with Crippen LogP contribution in [0.2, 0.25) is 0 Å². The van der Waals surface area contributed by atoms with Gasteiger partial charge in [-0.05, 0) is 36.6 Å². The molecule has 2 aromatic rings. The summed E-state index contributed by atoms with van der Waals surface area (Å²) in [6, 6.07) is 11.4. The summed E-state index contributed by atoms with van der Waals surface area (Å²) in [5.74, 6) is 0.891. The van der Waals surface area contributed by atoms with Crippen LogP contribution in [0.3, 0.4) is 0 Å². The maximum atomic E-state index is 4.50. The molecule has 2 nitrogen and oxygen atoms in total. The molecule has 1 heterocycles. The first-order valence-electron chi connectivity index (χ1n) is 8.45. The van der Waals surface area contributed by atoms with Crippen molar-refractivity contribution in [3.05, 3.63) is 42.1 Å². The number of rotatable bonds is 5. The highest BCUT2D eigenvalue weighted by Crippen LogP contribution is 2.32. The Bertz CT molecular complexity index is 573. The molecule has 112 valence electrons. The standard InChI is InChI=1S/C19H26N2/c1-2-20-18(13-15-7-4-3-5-8-15)17-11-10-16-9-6-12-21-19(16)14-17/h6,9-12,14-15,18,20H,2-5,7-8,13H2,1H3. The molecule has 1 fully saturated rings. The van der Waals surface area contributed by atoms with Gasteiger partial charge in [0.1, 0.15) is 0 Å². The predicted molar refractivity (Wildman–Crippen MR) is 89.4 cm³/mol. The highest BCUT2D eigenvalue weighted by Gasteiger charge is 2.19. The summed E-state index contributed by atoms with van der Waals surface area (Å²) in [4.78, 5) is 4.50. The van der Waals surface area contributed by atoms with E-state index < -0.39 is 0 Å². The predicted octanol–water partition coefficient (Wildman–Crippen LogP) is 4.86. The average molecular weight is 282 g/mol. The third-order valence-electron chi connectivity index (χ3n) is 4.78. The van der Waals surface area contributed by atoms with Crippen LogP contribution < -0.4 is 5.32 Å². The van der Waals surface area contributed by atoms with Gasteiger partial charge in [-0.1, -0.05) is 57.2 Å². The van der Waals surface area contributed by atoms with Crippen molar-refractivity contribution in [3.63, 3.8) is 0 Å². The van der Waals surface area contributed by atoms with Gasteiger partial charge in [-0.2, -0.15) is 0 Å². The minimum Gasteiger partial charge on any atom is -0.310 e. The Labute approximate surface area is 128 Å². The Morgan fingerprint density at radius 3 is 2.86 bits per heavy atom. The van der Waals surface area contributed by atoms with Gasteiger partial charge in [0.25, 0.3) is 0 Å². The van der Waals surface area contributed by atoms with E-state index in [4.69, 9.17) is 0 Å². The lowest BCUT2D eigenvalue weighted by atomic mass is 9.83. The number of benzene rings is 1. The van der Waals surface area contributed by atoms with Crippen molar-refractivity contribution >= 4 is 10.9 Å². The number of pyridine rings is 1. The molecule has 1 aliphatic carbocycles. The van der Waals surface area contributed by atoms with E-state index in [9.17, 15) is 0 Å². The molecular weight excluding hydrogens is 256 g/mol. The largest absolute Gasteiger partial charge is 0.310 e. The molecule has 0 aliphatic heterocycles. The fraction of sp³-hybridized carbons (Fsp3) is 0.526. The fourth-order valence-corrected chi connectivity index (χ4v) is 3.64. The van der Waals surface area contributed by atoms with E-state index in [1.807, 2.05) is 12.3 Å². The second-order valence-corrected chi connectivity index (χ2v) is 6.31. The monoisotopic (exact) mass is 282 g/mol. The van der Waals surface area contributed by atoms with E-state index in [1.165, 1.54) is 49.5 Å². The minimum atomic E-state index is 0.476. The summed E-state index contributed by atoms with van der Waals surface area (Å²) in [6.45, 7) is 3.23. The summed E-state index contributed by atoms with van der Waals surface area (Å²) in [5, 5.41) is 4.91. The average Bonchev–Trinajstić information content (AvgIpc) is 2.55. The summed E-state index contributed by atoms with van der Waals surface area (Å²) in [6.07, 6.45) is 10.2. The Balaban J connectivity index is 1.80. The lowest BCUT2D eigenvalue weighted by Gasteiger charge is -2.27. The number of fused-ring (bicyclic) bond motifs is 1. The van der Waals surface area contributed by atoms with Gasteiger partial charge < -0.3 is 5.32 Å². The lowest BCUT2D eigenvalue weighted by Crippen LogP contribution is -2.24. The number of nitrogens with zero attached hydrogens (tertiary/aromatic N) is 1. The fourth-order valence-electron chi connectivity index (χ4n) is 3.64. The second-order valence-electron chi connectivity index (χ2n) is 6.31. The first-order valence-corrected chi connectivity index (χ1v) is 8.45. The molecule has 1 saturated carbocycles. The maximum Gasteiger partial charge on any atom is 0.0705 e. The first-order chi connectivity index (χ1) is 10.4. The Hall–Kier alpha value is -1.41. The molecule has 0 spiro atoms. The highest BCUT2D eigenvalue weighted by atomic mass is 14.9. The van der Waals surface area contributed by atoms with E-state index in [0.717, 1.165) is 18.0 Å². The van der Waals surface area contributed by atoms with Crippen LogP contribution in [-0.2, 0) is 0 Å². The van der Waals surface area contributed by atoms with Crippen molar-refractivity contribution in [1.29, 1.82) is 0 Å². The van der Waals surface area contributed by atoms with E-state index in [-0.39, 0.29) is 0 Å². The second kappa shape index (κ2) is 7.04. The lowest BCUT2D eigenvalue weighted by molar-refractivity contribution is 0.301. The molecule has 1 unspecified atom stereocenters. The van der Waals surface area contributed by atoms with Crippen LogP contribution in [0.1, 0.15) is 57.1 Å². The molecule has 1 aliphatic rings. The molecule has 2 heteroatoms. The molecular formula is C19H26N2. The SMILES string of the molecule is CCNC(CC1CCCCC1)c1ccc2cccnc2c1. The van der Waals surface area contributed by atoms with E-state index >= 15 is 0 Å². The van der Waals surface area contributed by atoms with E-state index in [2.05, 4.69) is 41.5 Å². The van der Waals surface area contributed by atoms with Crippen LogP contribution in [0.4, 0.5) is 0 Å². The van der Waals surface area contributed by atoms with Gasteiger partial charge in [0.05, 0.1) is 5.52 Å². The van der Waals surface area contributed by atoms with E-state index in [0.29, 0.717) is 6.04 Å². The number of nitrogens with one attached hydrogen (secondary N) is 1. The smallest absolute Gasteiger partial charge is 0.0705 e. The summed E-state index contributed by atoms with van der Waals surface area (Å²) in [7, 11) is 0. The first kappa shape index (κ1) is 14.5. The summed E-state index contributed by atoms with van der Waals surface area (Å²) in [5.41, 5.74) is 2.51. The van der Waals surface area contributed by atoms with Crippen molar-refractivity contribution in [3.8, 4) is 0 Å². The van der Waals surface area contributed by atoms with Crippen molar-refractivity contribution in [2.45, 2.75) is 51.5 Å². The van der Waals surface area contributed by atoms with Crippen LogP contribution in [0, 0.1) is 5.92 Å². The van der Waals surface area contributed by atoms with Gasteiger partial charge in [-0.25, -0.2) is 0 Å². The van der Waals surface area contributed by atoms with Gasteiger partial charge in [0, 0.05) is 17.6 Å². The molecule has 0 amide bonds. The van der Waals surface area contributed by atoms with Gasteiger partial charge in [0.15, 0.2) is 0 Å². The van der Waals surface area contributed by atoms with Gasteiger partial charge >= 0.3 is 0 Å². The van der Waals surface area contributed by atoms with Gasteiger partial charge in [-0.3, -0.25) is 4.98 Å². The summed E-state index contributed by atoms with van der Waals surface area (Å²) >= 11 is 0. The zero-order valence-electron chi connectivity index (χ0n) is 13.0. The van der Waals surface area contributed by atoms with Crippen LogP contribution in [0.15, 0.2) is 36.5 Å². The van der Waals surface area contributed by atoms with Crippen LogP contribution in [0.25, 0.3) is 10.9 Å². The molecule has 1 atom stereocenters. The van der Waals surface area contributed by atoms with Crippen LogP contribution >= 0.6 is 0 Å². The molecule has 3 rings (SSSR count). The number of hydrogen-bond donors (Lipinski definition) is 1. The van der Waals surface area contributed by atoms with Gasteiger partial charge in [-0.15, -0.1) is 0 Å². The molecule has 1 aromatic heterocycles. The summed E-state index contributed by atoms with van der Waals surface area (Å²) < 4.78 is 0.